The van der Waals surface area contributed by atoms with Crippen LogP contribution in [-0.2, 0) is 4.79 Å². The van der Waals surface area contributed by atoms with Crippen molar-refractivity contribution in [2.24, 2.45) is 0 Å². The Morgan fingerprint density at radius 2 is 1.70 bits per heavy atom. The molecule has 0 atom stereocenters. The summed E-state index contributed by atoms with van der Waals surface area (Å²) in [7, 11) is 0. The molecule has 0 saturated carbocycles. The predicted molar refractivity (Wildman–Crippen MR) is 109 cm³/mol. The van der Waals surface area contributed by atoms with E-state index in [2.05, 4.69) is 10.3 Å². The van der Waals surface area contributed by atoms with Gasteiger partial charge in [0.2, 0.25) is 0 Å². The highest BCUT2D eigenvalue weighted by molar-refractivity contribution is 5.98. The molecular weight excluding hydrogens is 453 g/mol. The van der Waals surface area contributed by atoms with E-state index in [4.69, 9.17) is 14.6 Å². The van der Waals surface area contributed by atoms with Gasteiger partial charge in [-0.15, -0.1) is 0 Å². The number of nitrogens with zero attached hydrogens (tertiary/aromatic N) is 1. The number of likely N-dealkylation sites (tertiary alicyclic amines) is 1. The quantitative estimate of drug-likeness (QED) is 0.585. The lowest BCUT2D eigenvalue weighted by Crippen LogP contribution is -2.42. The molecule has 1 aromatic carbocycles. The Hall–Kier alpha value is -2.89. The molecule has 2 saturated heterocycles. The molecule has 2 aromatic rings. The van der Waals surface area contributed by atoms with Crippen LogP contribution in [0.1, 0.15) is 36.2 Å². The SMILES string of the molecule is O=C(O)C(F)(F)F.O=C(c1cc2cc(OC3CCNCC3)ccc2[nH]1)N1CCC(F)(F)CC1. The predicted octanol–water partition coefficient (Wildman–Crippen LogP) is 3.80. The van der Waals surface area contributed by atoms with Crippen molar-refractivity contribution in [2.75, 3.05) is 26.2 Å². The molecule has 2 aliphatic heterocycles. The fraction of sp³-hybridized carbons (Fsp3) is 0.524. The zero-order valence-electron chi connectivity index (χ0n) is 17.6. The minimum absolute atomic E-state index is 0.0886. The number of amides is 1. The van der Waals surface area contributed by atoms with Crippen molar-refractivity contribution in [1.82, 2.24) is 15.2 Å². The number of hydrogen-bond acceptors (Lipinski definition) is 4. The van der Waals surface area contributed by atoms with Crippen LogP contribution in [-0.4, -0.2) is 71.2 Å². The van der Waals surface area contributed by atoms with E-state index in [1.807, 2.05) is 18.2 Å². The van der Waals surface area contributed by atoms with Crippen LogP contribution in [0.3, 0.4) is 0 Å². The molecule has 1 aromatic heterocycles. The Balaban J connectivity index is 0.000000383. The average molecular weight is 477 g/mol. The first-order valence-corrected chi connectivity index (χ1v) is 10.4. The second-order valence-electron chi connectivity index (χ2n) is 7.95. The number of carboxylic acids is 1. The third-order valence-electron chi connectivity index (χ3n) is 5.44. The molecule has 4 rings (SSSR count). The standard InChI is InChI=1S/C19H23F2N3O2.C2HF3O2/c20-19(21)5-9-24(10-6-19)18(25)17-12-13-11-15(1-2-16(13)23-17)26-14-3-7-22-8-4-14;3-2(4,5)1(6)7/h1-2,11-12,14,22-23H,3-10H2;(H,6,7). The van der Waals surface area contributed by atoms with Gasteiger partial charge in [-0.25, -0.2) is 13.6 Å². The summed E-state index contributed by atoms with van der Waals surface area (Å²) in [4.78, 5) is 26.1. The van der Waals surface area contributed by atoms with E-state index in [-0.39, 0.29) is 37.9 Å². The second kappa shape index (κ2) is 9.94. The van der Waals surface area contributed by atoms with Crippen LogP contribution in [0.2, 0.25) is 0 Å². The molecule has 182 valence electrons. The molecule has 0 radical (unpaired) electrons. The van der Waals surface area contributed by atoms with Crippen molar-refractivity contribution in [2.45, 2.75) is 43.9 Å². The molecule has 1 amide bonds. The number of nitrogens with one attached hydrogen (secondary N) is 2. The largest absolute Gasteiger partial charge is 0.490 e. The van der Waals surface area contributed by atoms with Gasteiger partial charge in [-0.2, -0.15) is 13.2 Å². The van der Waals surface area contributed by atoms with Gasteiger partial charge >= 0.3 is 12.1 Å². The van der Waals surface area contributed by atoms with E-state index in [1.165, 1.54) is 4.90 Å². The van der Waals surface area contributed by atoms with E-state index in [0.717, 1.165) is 42.6 Å². The Morgan fingerprint density at radius 1 is 1.09 bits per heavy atom. The van der Waals surface area contributed by atoms with Crippen LogP contribution in [0.15, 0.2) is 24.3 Å². The summed E-state index contributed by atoms with van der Waals surface area (Å²) in [6.07, 6.45) is -3.45. The van der Waals surface area contributed by atoms with Gasteiger partial charge in [0.05, 0.1) is 0 Å². The third kappa shape index (κ3) is 6.80. The van der Waals surface area contributed by atoms with Gasteiger partial charge in [0.1, 0.15) is 17.5 Å². The third-order valence-corrected chi connectivity index (χ3v) is 5.44. The Bertz CT molecular complexity index is 976. The van der Waals surface area contributed by atoms with Gasteiger partial charge in [-0.05, 0) is 50.2 Å². The number of aliphatic carboxylic acids is 1. The molecule has 0 bridgehead atoms. The van der Waals surface area contributed by atoms with Gasteiger partial charge in [0.25, 0.3) is 11.8 Å². The molecular formula is C21H24F5N3O4. The van der Waals surface area contributed by atoms with Gasteiger partial charge in [-0.1, -0.05) is 0 Å². The zero-order chi connectivity index (χ0) is 24.2. The monoisotopic (exact) mass is 477 g/mol. The average Bonchev–Trinajstić information content (AvgIpc) is 3.17. The second-order valence-corrected chi connectivity index (χ2v) is 7.95. The summed E-state index contributed by atoms with van der Waals surface area (Å²) in [5, 5.41) is 11.3. The van der Waals surface area contributed by atoms with E-state index >= 15 is 0 Å². The normalized spacial score (nSPS) is 19.0. The van der Waals surface area contributed by atoms with Crippen molar-refractivity contribution in [3.05, 3.63) is 30.0 Å². The fourth-order valence-corrected chi connectivity index (χ4v) is 3.61. The van der Waals surface area contributed by atoms with Crippen LogP contribution in [0.25, 0.3) is 10.9 Å². The smallest absolute Gasteiger partial charge is 0.490 e. The topological polar surface area (TPSA) is 94.7 Å². The molecule has 7 nitrogen and oxygen atoms in total. The summed E-state index contributed by atoms with van der Waals surface area (Å²) in [6.45, 7) is 2.10. The van der Waals surface area contributed by atoms with Gasteiger partial charge in [0, 0.05) is 36.8 Å². The number of aromatic amines is 1. The maximum absolute atomic E-state index is 13.3. The maximum atomic E-state index is 13.3. The number of carbonyl (C=O) groups excluding carboxylic acids is 1. The number of carboxylic acid groups (broad SMARTS) is 1. The minimum atomic E-state index is -5.08. The van der Waals surface area contributed by atoms with E-state index in [0.29, 0.717) is 5.69 Å². The summed E-state index contributed by atoms with van der Waals surface area (Å²) in [5.74, 6) is -4.84. The summed E-state index contributed by atoms with van der Waals surface area (Å²) in [5.41, 5.74) is 1.28. The van der Waals surface area contributed by atoms with Gasteiger partial charge in [0.15, 0.2) is 0 Å². The lowest BCUT2D eigenvalue weighted by Gasteiger charge is -2.31. The number of aromatic nitrogens is 1. The maximum Gasteiger partial charge on any atom is 0.490 e. The number of benzene rings is 1. The fourth-order valence-electron chi connectivity index (χ4n) is 3.61. The van der Waals surface area contributed by atoms with Crippen LogP contribution in [0.5, 0.6) is 5.75 Å². The Labute approximate surface area is 185 Å². The van der Waals surface area contributed by atoms with Crippen LogP contribution >= 0.6 is 0 Å². The lowest BCUT2D eigenvalue weighted by atomic mass is 10.1. The number of fused-ring (bicyclic) bond motifs is 1. The highest BCUT2D eigenvalue weighted by atomic mass is 19.4. The highest BCUT2D eigenvalue weighted by Crippen LogP contribution is 2.29. The Kier molecular flexibility index (Phi) is 7.45. The highest BCUT2D eigenvalue weighted by Gasteiger charge is 2.38. The summed E-state index contributed by atoms with van der Waals surface area (Å²) < 4.78 is 64.3. The Morgan fingerprint density at radius 3 is 2.27 bits per heavy atom. The molecule has 3 heterocycles. The summed E-state index contributed by atoms with van der Waals surface area (Å²) in [6, 6.07) is 7.50. The van der Waals surface area contributed by atoms with Crippen LogP contribution in [0, 0.1) is 0 Å². The summed E-state index contributed by atoms with van der Waals surface area (Å²) >= 11 is 0. The molecule has 0 spiro atoms. The molecule has 2 aliphatic rings. The minimum Gasteiger partial charge on any atom is -0.490 e. The molecule has 0 aliphatic carbocycles. The molecule has 3 N–H and O–H groups in total. The molecule has 2 fully saturated rings. The van der Waals surface area contributed by atoms with Crippen LogP contribution in [0.4, 0.5) is 22.0 Å². The van der Waals surface area contributed by atoms with Crippen molar-refractivity contribution in [3.63, 3.8) is 0 Å². The molecule has 0 unspecified atom stereocenters. The van der Waals surface area contributed by atoms with Crippen LogP contribution < -0.4 is 10.1 Å². The van der Waals surface area contributed by atoms with Crippen molar-refractivity contribution in [1.29, 1.82) is 0 Å². The van der Waals surface area contributed by atoms with E-state index in [9.17, 15) is 26.7 Å². The van der Waals surface area contributed by atoms with Crippen molar-refractivity contribution in [3.8, 4) is 5.75 Å². The number of hydrogen-bond donors (Lipinski definition) is 3. The molecule has 33 heavy (non-hydrogen) atoms. The molecule has 12 heteroatoms. The van der Waals surface area contributed by atoms with E-state index in [1.54, 1.807) is 6.07 Å². The number of piperidine rings is 2. The number of ether oxygens (including phenoxy) is 1. The first kappa shape index (κ1) is 24.7. The van der Waals surface area contributed by atoms with Crippen molar-refractivity contribution >= 4 is 22.8 Å². The number of rotatable bonds is 3. The van der Waals surface area contributed by atoms with Crippen molar-refractivity contribution < 1.29 is 41.4 Å². The van der Waals surface area contributed by atoms with Gasteiger partial charge < -0.3 is 25.0 Å². The van der Waals surface area contributed by atoms with Gasteiger partial charge in [-0.3, -0.25) is 4.79 Å². The number of carbonyl (C=O) groups is 2. The first-order valence-electron chi connectivity index (χ1n) is 10.4. The lowest BCUT2D eigenvalue weighted by molar-refractivity contribution is -0.192. The number of alkyl halides is 5. The number of halogens is 5. The number of H-pyrrole nitrogens is 1. The van der Waals surface area contributed by atoms with E-state index < -0.39 is 18.1 Å². The first-order chi connectivity index (χ1) is 15.4. The zero-order valence-corrected chi connectivity index (χ0v) is 17.6.